The Bertz CT molecular complexity index is 505. The molecule has 1 N–H and O–H groups in total. The standard InChI is InChI=1S/C21H37NO4/c1-16(2)10-11-22(13-19(23)15-26-14-17(3)4)12-18-8-7-9-20(24-5)21(18)25-6/h7-9,16-17,19,23H,10-15H2,1-6H3/t19-/m0/s1. The summed E-state index contributed by atoms with van der Waals surface area (Å²) >= 11 is 0. The van der Waals surface area contributed by atoms with Gasteiger partial charge in [-0.1, -0.05) is 39.8 Å². The molecule has 0 heterocycles. The van der Waals surface area contributed by atoms with E-state index in [4.69, 9.17) is 14.2 Å². The van der Waals surface area contributed by atoms with E-state index in [1.807, 2.05) is 18.2 Å². The van der Waals surface area contributed by atoms with Crippen LogP contribution < -0.4 is 9.47 Å². The fourth-order valence-corrected chi connectivity index (χ4v) is 2.79. The van der Waals surface area contributed by atoms with Crippen molar-refractivity contribution in [3.63, 3.8) is 0 Å². The first kappa shape index (κ1) is 22.7. The number of para-hydroxylation sites is 1. The smallest absolute Gasteiger partial charge is 0.165 e. The minimum absolute atomic E-state index is 0.367. The number of benzene rings is 1. The van der Waals surface area contributed by atoms with Gasteiger partial charge in [0.05, 0.1) is 26.9 Å². The van der Waals surface area contributed by atoms with Gasteiger partial charge in [-0.2, -0.15) is 0 Å². The van der Waals surface area contributed by atoms with Crippen molar-refractivity contribution in [1.82, 2.24) is 4.90 Å². The highest BCUT2D eigenvalue weighted by atomic mass is 16.5. The molecular formula is C21H37NO4. The van der Waals surface area contributed by atoms with E-state index in [1.54, 1.807) is 14.2 Å². The summed E-state index contributed by atoms with van der Waals surface area (Å²) in [5.74, 6) is 2.57. The zero-order valence-corrected chi connectivity index (χ0v) is 17.3. The first-order chi connectivity index (χ1) is 12.4. The second-order valence-corrected chi connectivity index (χ2v) is 7.66. The van der Waals surface area contributed by atoms with Gasteiger partial charge in [0.25, 0.3) is 0 Å². The van der Waals surface area contributed by atoms with Crippen molar-refractivity contribution >= 4 is 0 Å². The van der Waals surface area contributed by atoms with E-state index in [1.165, 1.54) is 0 Å². The molecule has 5 nitrogen and oxygen atoms in total. The number of ether oxygens (including phenoxy) is 3. The maximum atomic E-state index is 10.4. The van der Waals surface area contributed by atoms with Crippen molar-refractivity contribution < 1.29 is 19.3 Å². The first-order valence-electron chi connectivity index (χ1n) is 9.55. The van der Waals surface area contributed by atoms with Crippen molar-refractivity contribution in [2.75, 3.05) is 40.5 Å². The third kappa shape index (κ3) is 8.39. The molecule has 0 saturated carbocycles. The largest absolute Gasteiger partial charge is 0.493 e. The second-order valence-electron chi connectivity index (χ2n) is 7.66. The van der Waals surface area contributed by atoms with E-state index in [2.05, 4.69) is 32.6 Å². The number of rotatable bonds is 13. The summed E-state index contributed by atoms with van der Waals surface area (Å²) in [6.45, 7) is 11.9. The fraction of sp³-hybridized carbons (Fsp3) is 0.714. The molecule has 0 aliphatic rings. The molecule has 0 aliphatic carbocycles. The molecule has 26 heavy (non-hydrogen) atoms. The van der Waals surface area contributed by atoms with Gasteiger partial charge >= 0.3 is 0 Å². The fourth-order valence-electron chi connectivity index (χ4n) is 2.79. The number of aliphatic hydroxyl groups is 1. The molecule has 0 bridgehead atoms. The predicted molar refractivity (Wildman–Crippen MR) is 106 cm³/mol. The summed E-state index contributed by atoms with van der Waals surface area (Å²) in [6, 6.07) is 5.92. The third-order valence-corrected chi connectivity index (χ3v) is 4.13. The number of methoxy groups -OCH3 is 2. The van der Waals surface area contributed by atoms with Gasteiger partial charge in [-0.3, -0.25) is 4.90 Å². The lowest BCUT2D eigenvalue weighted by Gasteiger charge is -2.27. The van der Waals surface area contributed by atoms with Crippen LogP contribution in [0.3, 0.4) is 0 Å². The van der Waals surface area contributed by atoms with Crippen molar-refractivity contribution in [2.24, 2.45) is 11.8 Å². The summed E-state index contributed by atoms with van der Waals surface area (Å²) in [4.78, 5) is 2.26. The van der Waals surface area contributed by atoms with Crippen LogP contribution in [0.5, 0.6) is 11.5 Å². The molecule has 1 rings (SSSR count). The van der Waals surface area contributed by atoms with E-state index in [-0.39, 0.29) is 0 Å². The van der Waals surface area contributed by atoms with E-state index in [0.717, 1.165) is 30.0 Å². The van der Waals surface area contributed by atoms with Gasteiger partial charge < -0.3 is 19.3 Å². The second kappa shape index (κ2) is 12.2. The van der Waals surface area contributed by atoms with E-state index < -0.39 is 6.10 Å². The van der Waals surface area contributed by atoms with Gasteiger partial charge in [0.15, 0.2) is 11.5 Å². The third-order valence-electron chi connectivity index (χ3n) is 4.13. The first-order valence-corrected chi connectivity index (χ1v) is 9.55. The van der Waals surface area contributed by atoms with E-state index >= 15 is 0 Å². The zero-order chi connectivity index (χ0) is 19.5. The van der Waals surface area contributed by atoms with Crippen LogP contribution in [0.2, 0.25) is 0 Å². The lowest BCUT2D eigenvalue weighted by atomic mass is 10.1. The average Bonchev–Trinajstić information content (AvgIpc) is 2.58. The van der Waals surface area contributed by atoms with Gasteiger partial charge in [-0.05, 0) is 30.9 Å². The van der Waals surface area contributed by atoms with Crippen LogP contribution >= 0.6 is 0 Å². The summed E-state index contributed by atoms with van der Waals surface area (Å²) in [6.07, 6.45) is 0.573. The maximum absolute atomic E-state index is 10.4. The normalized spacial score (nSPS) is 12.8. The SMILES string of the molecule is COc1cccc(CN(CCC(C)C)C[C@H](O)COCC(C)C)c1OC. The molecule has 1 aromatic carbocycles. The van der Waals surface area contributed by atoms with Crippen LogP contribution in [0.4, 0.5) is 0 Å². The molecule has 5 heteroatoms. The van der Waals surface area contributed by atoms with Crippen LogP contribution in [-0.4, -0.2) is 56.6 Å². The van der Waals surface area contributed by atoms with Crippen LogP contribution in [0.15, 0.2) is 18.2 Å². The Morgan fingerprint density at radius 1 is 1.00 bits per heavy atom. The molecule has 150 valence electrons. The average molecular weight is 368 g/mol. The van der Waals surface area contributed by atoms with Crippen molar-refractivity contribution in [3.8, 4) is 11.5 Å². The number of hydrogen-bond acceptors (Lipinski definition) is 5. The molecule has 0 fully saturated rings. The van der Waals surface area contributed by atoms with E-state index in [0.29, 0.717) is 38.1 Å². The van der Waals surface area contributed by atoms with Crippen molar-refractivity contribution in [2.45, 2.75) is 46.8 Å². The molecule has 0 saturated heterocycles. The molecular weight excluding hydrogens is 330 g/mol. The lowest BCUT2D eigenvalue weighted by Crippen LogP contribution is -2.36. The lowest BCUT2D eigenvalue weighted by molar-refractivity contribution is 0.00618. The summed E-state index contributed by atoms with van der Waals surface area (Å²) in [5, 5.41) is 10.4. The quantitative estimate of drug-likeness (QED) is 0.577. The molecule has 0 aliphatic heterocycles. The Morgan fingerprint density at radius 3 is 2.31 bits per heavy atom. The van der Waals surface area contributed by atoms with Gasteiger partial charge in [-0.25, -0.2) is 0 Å². The summed E-state index contributed by atoms with van der Waals surface area (Å²) in [5.41, 5.74) is 1.06. The highest BCUT2D eigenvalue weighted by molar-refractivity contribution is 5.46. The summed E-state index contributed by atoms with van der Waals surface area (Å²) in [7, 11) is 3.31. The maximum Gasteiger partial charge on any atom is 0.165 e. The van der Waals surface area contributed by atoms with Gasteiger partial charge in [0.2, 0.25) is 0 Å². The van der Waals surface area contributed by atoms with Crippen molar-refractivity contribution in [3.05, 3.63) is 23.8 Å². The number of hydrogen-bond donors (Lipinski definition) is 1. The van der Waals surface area contributed by atoms with Crippen LogP contribution in [0, 0.1) is 11.8 Å². The molecule has 0 aromatic heterocycles. The Kier molecular flexibility index (Phi) is 10.6. The Hall–Kier alpha value is -1.30. The Labute approximate surface area is 159 Å². The minimum Gasteiger partial charge on any atom is -0.493 e. The van der Waals surface area contributed by atoms with Gasteiger partial charge in [0, 0.05) is 25.3 Å². The van der Waals surface area contributed by atoms with Crippen LogP contribution in [-0.2, 0) is 11.3 Å². The molecule has 0 amide bonds. The molecule has 0 unspecified atom stereocenters. The highest BCUT2D eigenvalue weighted by Crippen LogP contribution is 2.31. The Morgan fingerprint density at radius 2 is 1.73 bits per heavy atom. The number of nitrogens with zero attached hydrogens (tertiary/aromatic N) is 1. The monoisotopic (exact) mass is 367 g/mol. The highest BCUT2D eigenvalue weighted by Gasteiger charge is 2.17. The molecule has 0 spiro atoms. The van der Waals surface area contributed by atoms with E-state index in [9.17, 15) is 5.11 Å². The predicted octanol–water partition coefficient (Wildman–Crippen LogP) is 3.59. The number of aliphatic hydroxyl groups excluding tert-OH is 1. The van der Waals surface area contributed by atoms with Crippen LogP contribution in [0.25, 0.3) is 0 Å². The molecule has 1 aromatic rings. The zero-order valence-electron chi connectivity index (χ0n) is 17.3. The topological polar surface area (TPSA) is 51.2 Å². The van der Waals surface area contributed by atoms with Gasteiger partial charge in [0.1, 0.15) is 0 Å². The molecule has 1 atom stereocenters. The Balaban J connectivity index is 2.77. The van der Waals surface area contributed by atoms with Gasteiger partial charge in [-0.15, -0.1) is 0 Å². The van der Waals surface area contributed by atoms with Crippen molar-refractivity contribution in [1.29, 1.82) is 0 Å². The molecule has 0 radical (unpaired) electrons. The van der Waals surface area contributed by atoms with Crippen LogP contribution in [0.1, 0.15) is 39.7 Å². The minimum atomic E-state index is -0.502. The summed E-state index contributed by atoms with van der Waals surface area (Å²) < 4.78 is 16.5.